The van der Waals surface area contributed by atoms with Crippen molar-refractivity contribution in [2.45, 2.75) is 38.6 Å². The second-order valence-electron chi connectivity index (χ2n) is 6.09. The number of likely N-dealkylation sites (N-methyl/N-ethyl adjacent to an activating group) is 1. The molecule has 2 heterocycles. The van der Waals surface area contributed by atoms with E-state index in [1.807, 2.05) is 18.3 Å². The van der Waals surface area contributed by atoms with Gasteiger partial charge in [-0.3, -0.25) is 9.69 Å². The summed E-state index contributed by atoms with van der Waals surface area (Å²) in [5, 5.41) is 4.33. The van der Waals surface area contributed by atoms with Gasteiger partial charge in [0.25, 0.3) is 0 Å². The van der Waals surface area contributed by atoms with Crippen LogP contribution in [0.15, 0.2) is 30.5 Å². The normalized spacial score (nSPS) is 18.9. The van der Waals surface area contributed by atoms with Crippen molar-refractivity contribution in [2.75, 3.05) is 19.6 Å². The summed E-state index contributed by atoms with van der Waals surface area (Å²) in [6.45, 7) is 5.24. The average Bonchev–Trinajstić information content (AvgIpc) is 3.17. The molecule has 1 saturated heterocycles. The maximum Gasteiger partial charge on any atom is 0.220 e. The molecule has 1 amide bonds. The van der Waals surface area contributed by atoms with Crippen LogP contribution < -0.4 is 5.32 Å². The zero-order valence-corrected chi connectivity index (χ0v) is 13.3. The van der Waals surface area contributed by atoms with E-state index in [4.69, 9.17) is 0 Å². The van der Waals surface area contributed by atoms with Gasteiger partial charge in [-0.2, -0.15) is 0 Å². The smallest absolute Gasteiger partial charge is 0.220 e. The topological polar surface area (TPSA) is 48.1 Å². The van der Waals surface area contributed by atoms with Crippen LogP contribution in [0.2, 0.25) is 0 Å². The Hall–Kier alpha value is -1.81. The Morgan fingerprint density at radius 1 is 1.41 bits per heavy atom. The van der Waals surface area contributed by atoms with Gasteiger partial charge < -0.3 is 10.3 Å². The number of carbonyl (C=O) groups is 1. The summed E-state index contributed by atoms with van der Waals surface area (Å²) in [7, 11) is 0. The first-order valence-corrected chi connectivity index (χ1v) is 8.33. The number of hydrogen-bond acceptors (Lipinski definition) is 2. The highest BCUT2D eigenvalue weighted by atomic mass is 16.1. The number of aromatic nitrogens is 1. The predicted molar refractivity (Wildman–Crippen MR) is 89.9 cm³/mol. The van der Waals surface area contributed by atoms with E-state index < -0.39 is 0 Å². The highest BCUT2D eigenvalue weighted by Gasteiger charge is 2.22. The van der Waals surface area contributed by atoms with Gasteiger partial charge in [-0.05, 0) is 44.0 Å². The van der Waals surface area contributed by atoms with Crippen LogP contribution in [0.25, 0.3) is 10.9 Å². The molecule has 4 nitrogen and oxygen atoms in total. The van der Waals surface area contributed by atoms with Gasteiger partial charge in [0.15, 0.2) is 0 Å². The number of aryl methyl sites for hydroxylation is 1. The number of likely N-dealkylation sites (tertiary alicyclic amines) is 1. The Bertz CT molecular complexity index is 634. The molecule has 118 valence electrons. The molecule has 1 aliphatic rings. The molecule has 2 N–H and O–H groups in total. The monoisotopic (exact) mass is 299 g/mol. The molecule has 0 bridgehead atoms. The van der Waals surface area contributed by atoms with Gasteiger partial charge in [-0.15, -0.1) is 0 Å². The molecule has 4 heteroatoms. The highest BCUT2D eigenvalue weighted by Crippen LogP contribution is 2.19. The molecule has 0 saturated carbocycles. The van der Waals surface area contributed by atoms with Crippen molar-refractivity contribution < 1.29 is 4.79 Å². The third-order valence-corrected chi connectivity index (χ3v) is 4.74. The van der Waals surface area contributed by atoms with E-state index >= 15 is 0 Å². The van der Waals surface area contributed by atoms with Crippen LogP contribution in [0, 0.1) is 0 Å². The van der Waals surface area contributed by atoms with Gasteiger partial charge in [0.05, 0.1) is 0 Å². The third kappa shape index (κ3) is 3.33. The summed E-state index contributed by atoms with van der Waals surface area (Å²) in [4.78, 5) is 17.8. The summed E-state index contributed by atoms with van der Waals surface area (Å²) in [5.41, 5.74) is 2.37. The molecule has 22 heavy (non-hydrogen) atoms. The number of nitrogens with one attached hydrogen (secondary N) is 2. The number of rotatable bonds is 6. The summed E-state index contributed by atoms with van der Waals surface area (Å²) < 4.78 is 0. The van der Waals surface area contributed by atoms with Gasteiger partial charge in [-0.25, -0.2) is 0 Å². The average molecular weight is 299 g/mol. The lowest BCUT2D eigenvalue weighted by molar-refractivity contribution is -0.121. The van der Waals surface area contributed by atoms with E-state index in [1.54, 1.807) is 0 Å². The predicted octanol–water partition coefficient (Wildman–Crippen LogP) is 2.70. The van der Waals surface area contributed by atoms with Crippen molar-refractivity contribution in [3.63, 3.8) is 0 Å². The summed E-state index contributed by atoms with van der Waals surface area (Å²) in [5.74, 6) is 0.160. The van der Waals surface area contributed by atoms with E-state index in [0.29, 0.717) is 12.5 Å². The lowest BCUT2D eigenvalue weighted by atomic mass is 10.1. The van der Waals surface area contributed by atoms with Crippen LogP contribution in [0.5, 0.6) is 0 Å². The largest absolute Gasteiger partial charge is 0.361 e. The van der Waals surface area contributed by atoms with Crippen molar-refractivity contribution in [1.29, 1.82) is 0 Å². The highest BCUT2D eigenvalue weighted by molar-refractivity contribution is 5.84. The fraction of sp³-hybridized carbons (Fsp3) is 0.500. The first-order chi connectivity index (χ1) is 10.8. The first kappa shape index (κ1) is 15.1. The van der Waals surface area contributed by atoms with Crippen molar-refractivity contribution >= 4 is 16.8 Å². The fourth-order valence-corrected chi connectivity index (χ4v) is 3.45. The number of nitrogens with zero attached hydrogens (tertiary/aromatic N) is 1. The second kappa shape index (κ2) is 6.97. The molecular formula is C18H25N3O. The number of carbonyl (C=O) groups excluding carboxylic acids is 1. The summed E-state index contributed by atoms with van der Waals surface area (Å²) >= 11 is 0. The molecule has 1 fully saturated rings. The van der Waals surface area contributed by atoms with Crippen molar-refractivity contribution in [1.82, 2.24) is 15.2 Å². The number of H-pyrrole nitrogens is 1. The second-order valence-corrected chi connectivity index (χ2v) is 6.09. The summed E-state index contributed by atoms with van der Waals surface area (Å²) in [6, 6.07) is 8.77. The molecule has 1 aromatic heterocycles. The molecule has 1 aliphatic heterocycles. The van der Waals surface area contributed by atoms with Crippen LogP contribution in [0.1, 0.15) is 31.7 Å². The molecule has 0 aliphatic carbocycles. The standard InChI is InChI=1S/C18H25N3O/c1-2-21-11-5-6-15(21)13-20-18(22)10-9-14-12-19-17-8-4-3-7-16(14)17/h3-4,7-8,12,15,19H,2,5-6,9-11,13H2,1H3,(H,20,22)/t15-/m1/s1. The van der Waals surface area contributed by atoms with Gasteiger partial charge in [0.2, 0.25) is 5.91 Å². The Morgan fingerprint density at radius 3 is 3.14 bits per heavy atom. The van der Waals surface area contributed by atoms with Crippen molar-refractivity contribution in [2.24, 2.45) is 0 Å². The van der Waals surface area contributed by atoms with E-state index in [-0.39, 0.29) is 5.91 Å². The van der Waals surface area contributed by atoms with Crippen LogP contribution in [0.4, 0.5) is 0 Å². The molecule has 3 rings (SSSR count). The zero-order valence-electron chi connectivity index (χ0n) is 13.3. The quantitative estimate of drug-likeness (QED) is 0.861. The van der Waals surface area contributed by atoms with Gasteiger partial charge in [0.1, 0.15) is 0 Å². The molecule has 0 radical (unpaired) electrons. The van der Waals surface area contributed by atoms with Crippen LogP contribution in [-0.2, 0) is 11.2 Å². The van der Waals surface area contributed by atoms with E-state index in [0.717, 1.165) is 25.0 Å². The van der Waals surface area contributed by atoms with Gasteiger partial charge in [-0.1, -0.05) is 25.1 Å². The Morgan fingerprint density at radius 2 is 2.27 bits per heavy atom. The van der Waals surface area contributed by atoms with Crippen LogP contribution in [-0.4, -0.2) is 41.5 Å². The number of amides is 1. The minimum Gasteiger partial charge on any atom is -0.361 e. The van der Waals surface area contributed by atoms with Crippen LogP contribution >= 0.6 is 0 Å². The molecule has 1 aromatic carbocycles. The SMILES string of the molecule is CCN1CCC[C@@H]1CNC(=O)CCc1c[nH]c2ccccc12. The molecular weight excluding hydrogens is 274 g/mol. The number of aromatic amines is 1. The Balaban J connectivity index is 1.48. The zero-order chi connectivity index (χ0) is 15.4. The number of hydrogen-bond donors (Lipinski definition) is 2. The molecule has 0 spiro atoms. The van der Waals surface area contributed by atoms with E-state index in [9.17, 15) is 4.79 Å². The Kier molecular flexibility index (Phi) is 4.78. The van der Waals surface area contributed by atoms with E-state index in [2.05, 4.69) is 34.3 Å². The minimum absolute atomic E-state index is 0.160. The van der Waals surface area contributed by atoms with Gasteiger partial charge >= 0.3 is 0 Å². The first-order valence-electron chi connectivity index (χ1n) is 8.33. The fourth-order valence-electron chi connectivity index (χ4n) is 3.45. The number of benzene rings is 1. The summed E-state index contributed by atoms with van der Waals surface area (Å²) in [6.07, 6.45) is 5.83. The lowest BCUT2D eigenvalue weighted by Gasteiger charge is -2.22. The van der Waals surface area contributed by atoms with Crippen molar-refractivity contribution in [3.05, 3.63) is 36.0 Å². The third-order valence-electron chi connectivity index (χ3n) is 4.74. The molecule has 2 aromatic rings. The number of para-hydroxylation sites is 1. The maximum atomic E-state index is 12.1. The molecule has 1 atom stereocenters. The number of fused-ring (bicyclic) bond motifs is 1. The maximum absolute atomic E-state index is 12.1. The Labute approximate surface area is 131 Å². The van der Waals surface area contributed by atoms with Gasteiger partial charge in [0, 0.05) is 36.1 Å². The van der Waals surface area contributed by atoms with Crippen molar-refractivity contribution in [3.8, 4) is 0 Å². The molecule has 0 unspecified atom stereocenters. The van der Waals surface area contributed by atoms with Crippen LogP contribution in [0.3, 0.4) is 0 Å². The lowest BCUT2D eigenvalue weighted by Crippen LogP contribution is -2.40. The van der Waals surface area contributed by atoms with E-state index in [1.165, 1.54) is 30.3 Å². The minimum atomic E-state index is 0.160.